The zero-order valence-corrected chi connectivity index (χ0v) is 12.4. The summed E-state index contributed by atoms with van der Waals surface area (Å²) in [4.78, 5) is 22.8. The van der Waals surface area contributed by atoms with Crippen LogP contribution in [0.5, 0.6) is 0 Å². The SMILES string of the molecule is CCNc1cnc(C(=O)NC2CCN(C)C(C)C2)cn1. The molecular weight excluding hydrogens is 254 g/mol. The first kappa shape index (κ1) is 14.7. The third-order valence-electron chi connectivity index (χ3n) is 3.79. The molecule has 2 heterocycles. The fraction of sp³-hybridized carbons (Fsp3) is 0.643. The van der Waals surface area contributed by atoms with Crippen LogP contribution in [0.4, 0.5) is 5.82 Å². The maximum atomic E-state index is 12.1. The lowest BCUT2D eigenvalue weighted by Crippen LogP contribution is -2.47. The Bertz CT molecular complexity index is 447. The van der Waals surface area contributed by atoms with Gasteiger partial charge in [0, 0.05) is 25.2 Å². The number of nitrogens with one attached hydrogen (secondary N) is 2. The summed E-state index contributed by atoms with van der Waals surface area (Å²) < 4.78 is 0. The molecule has 2 N–H and O–H groups in total. The van der Waals surface area contributed by atoms with Crippen LogP contribution < -0.4 is 10.6 Å². The van der Waals surface area contributed by atoms with Crippen molar-refractivity contribution in [2.75, 3.05) is 25.5 Å². The fourth-order valence-electron chi connectivity index (χ4n) is 2.40. The van der Waals surface area contributed by atoms with E-state index < -0.39 is 0 Å². The standard InChI is InChI=1S/C14H23N5O/c1-4-15-13-9-16-12(8-17-13)14(20)18-11-5-6-19(3)10(2)7-11/h8-11H,4-7H2,1-3H3,(H,15,17)(H,18,20). The molecule has 1 amide bonds. The second kappa shape index (κ2) is 6.65. The van der Waals surface area contributed by atoms with E-state index in [2.05, 4.69) is 39.5 Å². The van der Waals surface area contributed by atoms with Crippen LogP contribution >= 0.6 is 0 Å². The molecule has 6 heteroatoms. The molecule has 6 nitrogen and oxygen atoms in total. The lowest BCUT2D eigenvalue weighted by molar-refractivity contribution is 0.0891. The molecule has 2 atom stereocenters. The summed E-state index contributed by atoms with van der Waals surface area (Å²) in [7, 11) is 2.12. The fourth-order valence-corrected chi connectivity index (χ4v) is 2.40. The number of anilines is 1. The first-order valence-corrected chi connectivity index (χ1v) is 7.17. The molecule has 1 saturated heterocycles. The molecule has 20 heavy (non-hydrogen) atoms. The first-order chi connectivity index (χ1) is 9.60. The van der Waals surface area contributed by atoms with Crippen LogP contribution in [-0.2, 0) is 0 Å². The average Bonchev–Trinajstić information content (AvgIpc) is 2.44. The van der Waals surface area contributed by atoms with Gasteiger partial charge in [0.2, 0.25) is 0 Å². The van der Waals surface area contributed by atoms with Gasteiger partial charge in [0.1, 0.15) is 11.5 Å². The minimum atomic E-state index is -0.137. The van der Waals surface area contributed by atoms with E-state index in [4.69, 9.17) is 0 Å². The summed E-state index contributed by atoms with van der Waals surface area (Å²) in [5.41, 5.74) is 0.373. The Hall–Kier alpha value is -1.69. The van der Waals surface area contributed by atoms with Crippen molar-refractivity contribution in [3.63, 3.8) is 0 Å². The molecule has 1 aliphatic rings. The van der Waals surface area contributed by atoms with Gasteiger partial charge in [-0.05, 0) is 33.7 Å². The summed E-state index contributed by atoms with van der Waals surface area (Å²) in [5.74, 6) is 0.555. The van der Waals surface area contributed by atoms with Crippen molar-refractivity contribution in [2.45, 2.75) is 38.8 Å². The molecule has 1 aromatic rings. The van der Waals surface area contributed by atoms with E-state index in [1.165, 1.54) is 6.20 Å². The summed E-state index contributed by atoms with van der Waals surface area (Å²) >= 11 is 0. The van der Waals surface area contributed by atoms with Gasteiger partial charge in [-0.15, -0.1) is 0 Å². The molecule has 2 unspecified atom stereocenters. The van der Waals surface area contributed by atoms with Gasteiger partial charge < -0.3 is 15.5 Å². The predicted molar refractivity (Wildman–Crippen MR) is 78.8 cm³/mol. The van der Waals surface area contributed by atoms with E-state index in [9.17, 15) is 4.79 Å². The molecule has 0 bridgehead atoms. The maximum Gasteiger partial charge on any atom is 0.271 e. The zero-order valence-electron chi connectivity index (χ0n) is 12.4. The third-order valence-corrected chi connectivity index (χ3v) is 3.79. The molecule has 110 valence electrons. The Balaban J connectivity index is 1.91. The monoisotopic (exact) mass is 277 g/mol. The molecule has 1 fully saturated rings. The molecular formula is C14H23N5O. The highest BCUT2D eigenvalue weighted by Gasteiger charge is 2.24. The summed E-state index contributed by atoms with van der Waals surface area (Å²) in [5, 5.41) is 6.10. The molecule has 0 saturated carbocycles. The lowest BCUT2D eigenvalue weighted by atomic mass is 9.99. The smallest absolute Gasteiger partial charge is 0.271 e. The molecule has 2 rings (SSSR count). The average molecular weight is 277 g/mol. The van der Waals surface area contributed by atoms with Crippen molar-refractivity contribution in [3.8, 4) is 0 Å². The van der Waals surface area contributed by atoms with E-state index in [0.717, 1.165) is 25.9 Å². The number of piperidine rings is 1. The van der Waals surface area contributed by atoms with Gasteiger partial charge in [0.25, 0.3) is 5.91 Å². The molecule has 0 radical (unpaired) electrons. The number of carbonyl (C=O) groups excluding carboxylic acids is 1. The second-order valence-electron chi connectivity index (χ2n) is 5.34. The summed E-state index contributed by atoms with van der Waals surface area (Å²) in [6.45, 7) is 5.97. The Kier molecular flexibility index (Phi) is 4.89. The largest absolute Gasteiger partial charge is 0.369 e. The number of aromatic nitrogens is 2. The van der Waals surface area contributed by atoms with Gasteiger partial charge in [0.05, 0.1) is 12.4 Å². The summed E-state index contributed by atoms with van der Waals surface area (Å²) in [6.07, 6.45) is 5.07. The van der Waals surface area contributed by atoms with Crippen molar-refractivity contribution in [2.24, 2.45) is 0 Å². The van der Waals surface area contributed by atoms with E-state index in [0.29, 0.717) is 17.6 Å². The normalized spacial score (nSPS) is 23.4. The zero-order chi connectivity index (χ0) is 14.5. The Morgan fingerprint density at radius 1 is 1.45 bits per heavy atom. The number of amides is 1. The molecule has 0 aromatic carbocycles. The predicted octanol–water partition coefficient (Wildman–Crippen LogP) is 1.12. The van der Waals surface area contributed by atoms with E-state index >= 15 is 0 Å². The van der Waals surface area contributed by atoms with Crippen molar-refractivity contribution in [1.82, 2.24) is 20.2 Å². The van der Waals surface area contributed by atoms with Crippen LogP contribution in [0.25, 0.3) is 0 Å². The number of rotatable bonds is 4. The quantitative estimate of drug-likeness (QED) is 0.863. The van der Waals surface area contributed by atoms with E-state index in [1.807, 2.05) is 6.92 Å². The number of hydrogen-bond donors (Lipinski definition) is 2. The Morgan fingerprint density at radius 2 is 2.25 bits per heavy atom. The molecule has 1 aromatic heterocycles. The van der Waals surface area contributed by atoms with Crippen LogP contribution in [-0.4, -0.2) is 53.0 Å². The van der Waals surface area contributed by atoms with Crippen molar-refractivity contribution >= 4 is 11.7 Å². The highest BCUT2D eigenvalue weighted by Crippen LogP contribution is 2.15. The van der Waals surface area contributed by atoms with Crippen molar-refractivity contribution < 1.29 is 4.79 Å². The van der Waals surface area contributed by atoms with Crippen LogP contribution in [0.2, 0.25) is 0 Å². The highest BCUT2D eigenvalue weighted by molar-refractivity contribution is 5.92. The lowest BCUT2D eigenvalue weighted by Gasteiger charge is -2.35. The van der Waals surface area contributed by atoms with Crippen LogP contribution in [0.15, 0.2) is 12.4 Å². The van der Waals surface area contributed by atoms with Crippen molar-refractivity contribution in [3.05, 3.63) is 18.1 Å². The maximum absolute atomic E-state index is 12.1. The molecule has 0 aliphatic carbocycles. The number of nitrogens with zero attached hydrogens (tertiary/aromatic N) is 3. The Labute approximate surface area is 120 Å². The van der Waals surface area contributed by atoms with Crippen molar-refractivity contribution in [1.29, 1.82) is 0 Å². The number of hydrogen-bond acceptors (Lipinski definition) is 5. The third kappa shape index (κ3) is 3.66. The van der Waals surface area contributed by atoms with Crippen LogP contribution in [0.3, 0.4) is 0 Å². The molecule has 1 aliphatic heterocycles. The van der Waals surface area contributed by atoms with E-state index in [1.54, 1.807) is 6.20 Å². The second-order valence-corrected chi connectivity index (χ2v) is 5.34. The minimum Gasteiger partial charge on any atom is -0.369 e. The van der Waals surface area contributed by atoms with Gasteiger partial charge in [-0.1, -0.05) is 0 Å². The van der Waals surface area contributed by atoms with Gasteiger partial charge in [-0.25, -0.2) is 9.97 Å². The summed E-state index contributed by atoms with van der Waals surface area (Å²) in [6, 6.07) is 0.722. The first-order valence-electron chi connectivity index (χ1n) is 7.17. The number of likely N-dealkylation sites (tertiary alicyclic amines) is 1. The minimum absolute atomic E-state index is 0.137. The van der Waals surface area contributed by atoms with Gasteiger partial charge in [0.15, 0.2) is 0 Å². The topological polar surface area (TPSA) is 70.2 Å². The molecule has 0 spiro atoms. The van der Waals surface area contributed by atoms with Gasteiger partial charge >= 0.3 is 0 Å². The van der Waals surface area contributed by atoms with E-state index in [-0.39, 0.29) is 11.9 Å². The van der Waals surface area contributed by atoms with Crippen LogP contribution in [0, 0.1) is 0 Å². The van der Waals surface area contributed by atoms with Gasteiger partial charge in [-0.2, -0.15) is 0 Å². The highest BCUT2D eigenvalue weighted by atomic mass is 16.1. The number of carbonyl (C=O) groups is 1. The Morgan fingerprint density at radius 3 is 2.85 bits per heavy atom. The van der Waals surface area contributed by atoms with Gasteiger partial charge in [-0.3, -0.25) is 4.79 Å². The van der Waals surface area contributed by atoms with Crippen LogP contribution in [0.1, 0.15) is 37.2 Å².